The van der Waals surface area contributed by atoms with E-state index >= 15 is 0 Å². The third-order valence-corrected chi connectivity index (χ3v) is 3.75. The summed E-state index contributed by atoms with van der Waals surface area (Å²) in [6, 6.07) is 8.87. The number of nitrogens with two attached hydrogens (primary N) is 1. The number of rotatable bonds is 2. The molecule has 0 aromatic heterocycles. The Balaban J connectivity index is 1.81. The molecule has 0 spiro atoms. The van der Waals surface area contributed by atoms with E-state index < -0.39 is 11.7 Å². The number of hydrogen-bond donors (Lipinski definition) is 3. The first-order valence-corrected chi connectivity index (χ1v) is 6.72. The SMILES string of the molecule is Nc1ccc2c(c1)CCC2NC(=O)c1ccc(F)cc1O. The number of carbonyl (C=O) groups is 1. The molecule has 108 valence electrons. The average molecular weight is 286 g/mol. The lowest BCUT2D eigenvalue weighted by atomic mass is 10.1. The van der Waals surface area contributed by atoms with Crippen molar-refractivity contribution in [2.24, 2.45) is 0 Å². The quantitative estimate of drug-likeness (QED) is 0.743. The molecular formula is C16H15FN2O2. The molecule has 3 rings (SSSR count). The monoisotopic (exact) mass is 286 g/mol. The predicted molar refractivity (Wildman–Crippen MR) is 77.4 cm³/mol. The minimum Gasteiger partial charge on any atom is -0.507 e. The van der Waals surface area contributed by atoms with Crippen LogP contribution in [0.15, 0.2) is 36.4 Å². The summed E-state index contributed by atoms with van der Waals surface area (Å²) >= 11 is 0. The first-order chi connectivity index (χ1) is 10.0. The van der Waals surface area contributed by atoms with Crippen LogP contribution in [-0.4, -0.2) is 11.0 Å². The Hall–Kier alpha value is -2.56. The number of fused-ring (bicyclic) bond motifs is 1. The number of nitrogen functional groups attached to an aromatic ring is 1. The second kappa shape index (κ2) is 5.09. The highest BCUT2D eigenvalue weighted by Crippen LogP contribution is 2.32. The summed E-state index contributed by atoms with van der Waals surface area (Å²) in [4.78, 5) is 12.2. The Morgan fingerprint density at radius 1 is 1.29 bits per heavy atom. The molecule has 1 amide bonds. The molecule has 0 saturated carbocycles. The first kappa shape index (κ1) is 13.4. The van der Waals surface area contributed by atoms with Gasteiger partial charge in [-0.1, -0.05) is 6.07 Å². The van der Waals surface area contributed by atoms with Crippen LogP contribution in [-0.2, 0) is 6.42 Å². The largest absolute Gasteiger partial charge is 0.507 e. The molecule has 0 heterocycles. The van der Waals surface area contributed by atoms with Gasteiger partial charge >= 0.3 is 0 Å². The molecule has 1 unspecified atom stereocenters. The zero-order valence-corrected chi connectivity index (χ0v) is 11.3. The fourth-order valence-corrected chi connectivity index (χ4v) is 2.72. The second-order valence-electron chi connectivity index (χ2n) is 5.18. The predicted octanol–water partition coefficient (Wildman–Crippen LogP) is 2.53. The number of amides is 1. The van der Waals surface area contributed by atoms with Gasteiger partial charge in [0.05, 0.1) is 11.6 Å². The number of halogens is 1. The molecule has 0 saturated heterocycles. The van der Waals surface area contributed by atoms with E-state index in [2.05, 4.69) is 5.32 Å². The topological polar surface area (TPSA) is 75.3 Å². The van der Waals surface area contributed by atoms with Crippen LogP contribution in [0, 0.1) is 5.82 Å². The summed E-state index contributed by atoms with van der Waals surface area (Å²) in [6.07, 6.45) is 1.63. The van der Waals surface area contributed by atoms with E-state index in [-0.39, 0.29) is 17.4 Å². The van der Waals surface area contributed by atoms with Gasteiger partial charge in [-0.3, -0.25) is 4.79 Å². The summed E-state index contributed by atoms with van der Waals surface area (Å²) in [6.45, 7) is 0. The van der Waals surface area contributed by atoms with Crippen molar-refractivity contribution in [3.8, 4) is 5.75 Å². The normalized spacial score (nSPS) is 16.5. The highest BCUT2D eigenvalue weighted by atomic mass is 19.1. The maximum Gasteiger partial charge on any atom is 0.255 e. The average Bonchev–Trinajstić information content (AvgIpc) is 2.80. The summed E-state index contributed by atoms with van der Waals surface area (Å²) in [5.74, 6) is -1.35. The first-order valence-electron chi connectivity index (χ1n) is 6.72. The van der Waals surface area contributed by atoms with E-state index in [0.717, 1.165) is 36.1 Å². The van der Waals surface area contributed by atoms with Gasteiger partial charge in [-0.05, 0) is 48.2 Å². The molecule has 2 aromatic rings. The van der Waals surface area contributed by atoms with Crippen molar-refractivity contribution < 1.29 is 14.3 Å². The molecular weight excluding hydrogens is 271 g/mol. The Bertz CT molecular complexity index is 715. The molecule has 4 N–H and O–H groups in total. The Morgan fingerprint density at radius 2 is 2.10 bits per heavy atom. The third-order valence-electron chi connectivity index (χ3n) is 3.75. The maximum atomic E-state index is 12.9. The van der Waals surface area contributed by atoms with Gasteiger partial charge in [-0.25, -0.2) is 4.39 Å². The van der Waals surface area contributed by atoms with Gasteiger partial charge in [0.15, 0.2) is 0 Å². The minimum atomic E-state index is -0.578. The van der Waals surface area contributed by atoms with Crippen molar-refractivity contribution >= 4 is 11.6 Å². The number of nitrogens with one attached hydrogen (secondary N) is 1. The molecule has 1 aliphatic carbocycles. The van der Waals surface area contributed by atoms with E-state index in [0.29, 0.717) is 5.69 Å². The van der Waals surface area contributed by atoms with Crippen LogP contribution >= 0.6 is 0 Å². The molecule has 0 fully saturated rings. The smallest absolute Gasteiger partial charge is 0.255 e. The van der Waals surface area contributed by atoms with Crippen molar-refractivity contribution in [3.05, 3.63) is 58.9 Å². The number of phenols is 1. The molecule has 21 heavy (non-hydrogen) atoms. The van der Waals surface area contributed by atoms with Crippen molar-refractivity contribution in [1.29, 1.82) is 0 Å². The molecule has 5 heteroatoms. The Labute approximate surface area is 121 Å². The fourth-order valence-electron chi connectivity index (χ4n) is 2.72. The number of hydrogen-bond acceptors (Lipinski definition) is 3. The number of aromatic hydroxyl groups is 1. The van der Waals surface area contributed by atoms with Gasteiger partial charge in [0.2, 0.25) is 0 Å². The molecule has 0 bridgehead atoms. The van der Waals surface area contributed by atoms with Gasteiger partial charge in [-0.15, -0.1) is 0 Å². The molecule has 2 aromatic carbocycles. The van der Waals surface area contributed by atoms with Gasteiger partial charge in [0, 0.05) is 11.8 Å². The number of aryl methyl sites for hydroxylation is 1. The van der Waals surface area contributed by atoms with Crippen LogP contribution in [0.1, 0.15) is 33.9 Å². The Morgan fingerprint density at radius 3 is 2.86 bits per heavy atom. The van der Waals surface area contributed by atoms with E-state index in [1.54, 1.807) is 6.07 Å². The van der Waals surface area contributed by atoms with Crippen LogP contribution < -0.4 is 11.1 Å². The maximum absolute atomic E-state index is 12.9. The lowest BCUT2D eigenvalue weighted by Gasteiger charge is -2.15. The number of carbonyl (C=O) groups excluding carboxylic acids is 1. The van der Waals surface area contributed by atoms with E-state index in [1.165, 1.54) is 6.07 Å². The van der Waals surface area contributed by atoms with Crippen LogP contribution in [0.2, 0.25) is 0 Å². The number of anilines is 1. The zero-order chi connectivity index (χ0) is 15.0. The summed E-state index contributed by atoms with van der Waals surface area (Å²) in [5, 5.41) is 12.5. The molecule has 4 nitrogen and oxygen atoms in total. The van der Waals surface area contributed by atoms with E-state index in [1.807, 2.05) is 12.1 Å². The lowest BCUT2D eigenvalue weighted by Crippen LogP contribution is -2.27. The number of benzene rings is 2. The highest BCUT2D eigenvalue weighted by Gasteiger charge is 2.25. The van der Waals surface area contributed by atoms with Gasteiger partial charge in [0.25, 0.3) is 5.91 Å². The molecule has 0 radical (unpaired) electrons. The summed E-state index contributed by atoms with van der Waals surface area (Å²) < 4.78 is 12.9. The van der Waals surface area contributed by atoms with Gasteiger partial charge in [0.1, 0.15) is 11.6 Å². The highest BCUT2D eigenvalue weighted by molar-refractivity contribution is 5.97. The second-order valence-corrected chi connectivity index (χ2v) is 5.18. The Kier molecular flexibility index (Phi) is 3.25. The van der Waals surface area contributed by atoms with Crippen molar-refractivity contribution in [2.45, 2.75) is 18.9 Å². The van der Waals surface area contributed by atoms with Crippen molar-refractivity contribution in [1.82, 2.24) is 5.32 Å². The van der Waals surface area contributed by atoms with Gasteiger partial charge < -0.3 is 16.2 Å². The summed E-state index contributed by atoms with van der Waals surface area (Å²) in [7, 11) is 0. The lowest BCUT2D eigenvalue weighted by molar-refractivity contribution is 0.0934. The van der Waals surface area contributed by atoms with Crippen molar-refractivity contribution in [3.63, 3.8) is 0 Å². The fraction of sp³-hybridized carbons (Fsp3) is 0.188. The van der Waals surface area contributed by atoms with Gasteiger partial charge in [-0.2, -0.15) is 0 Å². The van der Waals surface area contributed by atoms with Crippen LogP contribution in [0.3, 0.4) is 0 Å². The third kappa shape index (κ3) is 2.54. The molecule has 1 aliphatic rings. The molecule has 0 aliphatic heterocycles. The van der Waals surface area contributed by atoms with E-state index in [9.17, 15) is 14.3 Å². The molecule has 1 atom stereocenters. The van der Waals surface area contributed by atoms with E-state index in [4.69, 9.17) is 5.73 Å². The summed E-state index contributed by atoms with van der Waals surface area (Å²) in [5.41, 5.74) is 8.69. The van der Waals surface area contributed by atoms with Crippen LogP contribution in [0.25, 0.3) is 0 Å². The zero-order valence-electron chi connectivity index (χ0n) is 11.3. The standard InChI is InChI=1S/C16H15FN2O2/c17-10-2-4-13(15(20)8-10)16(21)19-14-6-1-9-7-11(18)3-5-12(9)14/h2-5,7-8,14,20H,1,6,18H2,(H,19,21). The van der Waals surface area contributed by atoms with Crippen LogP contribution in [0.4, 0.5) is 10.1 Å². The minimum absolute atomic E-state index is 0.0697. The number of phenolic OH excluding ortho intramolecular Hbond substituents is 1. The van der Waals surface area contributed by atoms with Crippen molar-refractivity contribution in [2.75, 3.05) is 5.73 Å². The van der Waals surface area contributed by atoms with Crippen LogP contribution in [0.5, 0.6) is 5.75 Å².